The van der Waals surface area contributed by atoms with Crippen molar-refractivity contribution >= 4 is 11.9 Å². The van der Waals surface area contributed by atoms with Gasteiger partial charge < -0.3 is 9.84 Å². The lowest BCUT2D eigenvalue weighted by Gasteiger charge is -2.06. The Hall–Kier alpha value is -2.55. The second-order valence-corrected chi connectivity index (χ2v) is 4.95. The van der Waals surface area contributed by atoms with Crippen LogP contribution < -0.4 is 4.74 Å². The van der Waals surface area contributed by atoms with Gasteiger partial charge in [0.1, 0.15) is 11.5 Å². The molecule has 0 saturated carbocycles. The van der Waals surface area contributed by atoms with Gasteiger partial charge in [-0.15, -0.1) is 0 Å². The number of aryl methyl sites for hydroxylation is 2. The maximum atomic E-state index is 12.2. The molecule has 2 aromatic carbocycles. The highest BCUT2D eigenvalue weighted by Crippen LogP contribution is 2.24. The first-order valence-corrected chi connectivity index (χ1v) is 6.68. The third kappa shape index (κ3) is 3.51. The van der Waals surface area contributed by atoms with Crippen LogP contribution in [0.25, 0.3) is 6.08 Å². The van der Waals surface area contributed by atoms with Gasteiger partial charge in [0.15, 0.2) is 5.78 Å². The highest BCUT2D eigenvalue weighted by molar-refractivity contribution is 6.08. The largest absolute Gasteiger partial charge is 0.507 e. The van der Waals surface area contributed by atoms with E-state index in [-0.39, 0.29) is 11.5 Å². The first-order valence-electron chi connectivity index (χ1n) is 6.68. The highest BCUT2D eigenvalue weighted by atomic mass is 16.5. The van der Waals surface area contributed by atoms with E-state index < -0.39 is 0 Å². The Morgan fingerprint density at radius 2 is 1.81 bits per heavy atom. The van der Waals surface area contributed by atoms with Crippen molar-refractivity contribution < 1.29 is 14.6 Å². The number of benzene rings is 2. The minimum absolute atomic E-state index is 0.0463. The van der Waals surface area contributed by atoms with E-state index in [1.807, 2.05) is 37.3 Å². The zero-order chi connectivity index (χ0) is 15.4. The number of rotatable bonds is 4. The smallest absolute Gasteiger partial charge is 0.189 e. The van der Waals surface area contributed by atoms with Crippen LogP contribution in [-0.4, -0.2) is 18.0 Å². The summed E-state index contributed by atoms with van der Waals surface area (Å²) in [5, 5.41) is 9.99. The number of aromatic hydroxyl groups is 1. The Morgan fingerprint density at radius 3 is 2.43 bits per heavy atom. The number of hydrogen-bond acceptors (Lipinski definition) is 3. The molecule has 3 nitrogen and oxygen atoms in total. The molecule has 0 atom stereocenters. The number of phenolic OH excluding ortho intramolecular Hbond substituents is 1. The van der Waals surface area contributed by atoms with Gasteiger partial charge in [-0.1, -0.05) is 24.3 Å². The van der Waals surface area contributed by atoms with Crippen LogP contribution in [0.4, 0.5) is 0 Å². The molecule has 0 heterocycles. The zero-order valence-corrected chi connectivity index (χ0v) is 12.4. The van der Waals surface area contributed by atoms with Crippen molar-refractivity contribution in [1.82, 2.24) is 0 Å². The first-order chi connectivity index (χ1) is 10.0. The molecular formula is C18H18O3. The number of hydrogen-bond donors (Lipinski definition) is 1. The Morgan fingerprint density at radius 1 is 1.14 bits per heavy atom. The van der Waals surface area contributed by atoms with Gasteiger partial charge in [-0.05, 0) is 54.8 Å². The average Bonchev–Trinajstić information content (AvgIpc) is 2.49. The van der Waals surface area contributed by atoms with E-state index in [4.69, 9.17) is 4.74 Å². The van der Waals surface area contributed by atoms with E-state index in [1.165, 1.54) is 6.08 Å². The molecule has 0 amide bonds. The van der Waals surface area contributed by atoms with Crippen LogP contribution >= 0.6 is 0 Å². The standard InChI is InChI=1S/C18H18O3/c1-12-10-13(2)18(20)16(11-12)17(19)9-6-14-4-7-15(21-3)8-5-14/h4-11,20H,1-3H3/b9-6+. The summed E-state index contributed by atoms with van der Waals surface area (Å²) in [6.45, 7) is 3.68. The van der Waals surface area contributed by atoms with Gasteiger partial charge in [-0.3, -0.25) is 4.79 Å². The van der Waals surface area contributed by atoms with Crippen LogP contribution in [0.3, 0.4) is 0 Å². The summed E-state index contributed by atoms with van der Waals surface area (Å²) >= 11 is 0. The minimum atomic E-state index is -0.213. The van der Waals surface area contributed by atoms with Gasteiger partial charge in [0.25, 0.3) is 0 Å². The monoisotopic (exact) mass is 282 g/mol. The molecule has 0 aliphatic heterocycles. The molecule has 2 rings (SSSR count). The summed E-state index contributed by atoms with van der Waals surface area (Å²) in [5.74, 6) is 0.602. The number of carbonyl (C=O) groups excluding carboxylic acids is 1. The maximum Gasteiger partial charge on any atom is 0.189 e. The Kier molecular flexibility index (Phi) is 4.43. The summed E-state index contributed by atoms with van der Waals surface area (Å²) in [4.78, 5) is 12.2. The fourth-order valence-electron chi connectivity index (χ4n) is 2.12. The van der Waals surface area contributed by atoms with E-state index in [0.29, 0.717) is 11.1 Å². The van der Waals surface area contributed by atoms with Crippen LogP contribution in [0, 0.1) is 13.8 Å². The molecule has 1 N–H and O–H groups in total. The van der Waals surface area contributed by atoms with Gasteiger partial charge in [0.05, 0.1) is 12.7 Å². The Balaban J connectivity index is 2.22. The fraction of sp³-hybridized carbons (Fsp3) is 0.167. The van der Waals surface area contributed by atoms with E-state index in [0.717, 1.165) is 16.9 Å². The van der Waals surface area contributed by atoms with Crippen molar-refractivity contribution in [2.75, 3.05) is 7.11 Å². The van der Waals surface area contributed by atoms with Crippen LogP contribution in [-0.2, 0) is 0 Å². The van der Waals surface area contributed by atoms with Crippen molar-refractivity contribution in [2.24, 2.45) is 0 Å². The quantitative estimate of drug-likeness (QED) is 0.683. The number of allylic oxidation sites excluding steroid dienone is 1. The molecule has 0 aromatic heterocycles. The number of methoxy groups -OCH3 is 1. The van der Waals surface area contributed by atoms with Gasteiger partial charge >= 0.3 is 0 Å². The first kappa shape index (κ1) is 14.9. The lowest BCUT2D eigenvalue weighted by atomic mass is 10.0. The summed E-state index contributed by atoms with van der Waals surface area (Å²) in [6, 6.07) is 10.9. The highest BCUT2D eigenvalue weighted by Gasteiger charge is 2.11. The van der Waals surface area contributed by atoms with Gasteiger partial charge in [-0.25, -0.2) is 0 Å². The molecule has 21 heavy (non-hydrogen) atoms. The molecule has 108 valence electrons. The lowest BCUT2D eigenvalue weighted by molar-refractivity contribution is 0.104. The van der Waals surface area contributed by atoms with Crippen LogP contribution in [0.15, 0.2) is 42.5 Å². The molecule has 0 aliphatic rings. The average molecular weight is 282 g/mol. The molecule has 0 bridgehead atoms. The molecule has 3 heteroatoms. The third-order valence-electron chi connectivity index (χ3n) is 3.25. The van der Waals surface area contributed by atoms with Crippen LogP contribution in [0.2, 0.25) is 0 Å². The Labute approximate surface area is 124 Å². The number of ketones is 1. The molecule has 0 aliphatic carbocycles. The third-order valence-corrected chi connectivity index (χ3v) is 3.25. The maximum absolute atomic E-state index is 12.2. The zero-order valence-electron chi connectivity index (χ0n) is 12.4. The van der Waals surface area contributed by atoms with Crippen molar-refractivity contribution in [2.45, 2.75) is 13.8 Å². The summed E-state index contributed by atoms with van der Waals surface area (Å²) in [7, 11) is 1.61. The summed E-state index contributed by atoms with van der Waals surface area (Å²) in [5.41, 5.74) is 2.88. The number of carbonyl (C=O) groups is 1. The van der Waals surface area contributed by atoms with Gasteiger partial charge in [0, 0.05) is 0 Å². The van der Waals surface area contributed by atoms with Gasteiger partial charge in [0.2, 0.25) is 0 Å². The van der Waals surface area contributed by atoms with Crippen molar-refractivity contribution in [3.8, 4) is 11.5 Å². The predicted molar refractivity (Wildman–Crippen MR) is 83.9 cm³/mol. The second kappa shape index (κ2) is 6.27. The van der Waals surface area contributed by atoms with E-state index in [9.17, 15) is 9.90 Å². The predicted octanol–water partition coefficient (Wildman–Crippen LogP) is 3.91. The normalized spacial score (nSPS) is 10.8. The minimum Gasteiger partial charge on any atom is -0.507 e. The molecule has 0 fully saturated rings. The van der Waals surface area contributed by atoms with E-state index in [1.54, 1.807) is 26.2 Å². The molecular weight excluding hydrogens is 264 g/mol. The second-order valence-electron chi connectivity index (χ2n) is 4.95. The topological polar surface area (TPSA) is 46.5 Å². The molecule has 0 spiro atoms. The van der Waals surface area contributed by atoms with Crippen molar-refractivity contribution in [3.63, 3.8) is 0 Å². The van der Waals surface area contributed by atoms with Gasteiger partial charge in [-0.2, -0.15) is 0 Å². The van der Waals surface area contributed by atoms with E-state index >= 15 is 0 Å². The molecule has 0 radical (unpaired) electrons. The molecule has 0 saturated heterocycles. The van der Waals surface area contributed by atoms with Crippen molar-refractivity contribution in [3.05, 3.63) is 64.7 Å². The summed E-state index contributed by atoms with van der Waals surface area (Å²) < 4.78 is 5.08. The summed E-state index contributed by atoms with van der Waals surface area (Å²) in [6.07, 6.45) is 3.19. The number of ether oxygens (including phenoxy) is 1. The molecule has 0 unspecified atom stereocenters. The SMILES string of the molecule is COc1ccc(/C=C/C(=O)c2cc(C)cc(C)c2O)cc1. The van der Waals surface area contributed by atoms with Crippen molar-refractivity contribution in [1.29, 1.82) is 0 Å². The van der Waals surface area contributed by atoms with E-state index in [2.05, 4.69) is 0 Å². The van der Waals surface area contributed by atoms with Crippen LogP contribution in [0.5, 0.6) is 11.5 Å². The van der Waals surface area contributed by atoms with Crippen LogP contribution in [0.1, 0.15) is 27.0 Å². The number of phenols is 1. The lowest BCUT2D eigenvalue weighted by Crippen LogP contribution is -1.97. The molecule has 2 aromatic rings. The fourth-order valence-corrected chi connectivity index (χ4v) is 2.12. The Bertz CT molecular complexity index is 682.